The molecule has 21 saturated heterocycles. The Morgan fingerprint density at radius 3 is 0.624 bits per heavy atom. The predicted molar refractivity (Wildman–Crippen MR) is 287 cm³/mol. The van der Waals surface area contributed by atoms with Gasteiger partial charge in [0, 0.05) is 13.2 Å². The van der Waals surface area contributed by atoms with Crippen molar-refractivity contribution in [2.45, 2.75) is 241 Å². The number of ether oxygens (including phenoxy) is 16. The maximum atomic E-state index is 12.0. The van der Waals surface area contributed by atoms with Crippen molar-refractivity contribution in [1.82, 2.24) is 0 Å². The van der Waals surface area contributed by atoms with Crippen molar-refractivity contribution in [2.75, 3.05) is 71.0 Å². The van der Waals surface area contributed by atoms with Crippen LogP contribution in [-0.2, 0) is 96.0 Å². The topological polar surface area (TPSA) is 641 Å². The summed E-state index contributed by atoms with van der Waals surface area (Å²) in [5.74, 6) is -1.50. The lowest BCUT2D eigenvalue weighted by Crippen LogP contribution is -2.68. The fraction of sp³-hybridized carbons (Fsp3) is 1.00. The molecule has 21 aliphatic rings. The summed E-state index contributed by atoms with van der Waals surface area (Å²) in [5.41, 5.74) is 0. The normalized spacial score (nSPS) is 48.2. The van der Waals surface area contributed by atoms with E-state index in [-0.39, 0.29) is 25.7 Å². The molecule has 35 atom stereocenters. The molecule has 0 aromatic heterocycles. The van der Waals surface area contributed by atoms with E-state index in [4.69, 9.17) is 75.8 Å². The van der Waals surface area contributed by atoms with E-state index in [0.29, 0.717) is 0 Å². The Labute approximate surface area is 529 Å². The highest BCUT2D eigenvalue weighted by Crippen LogP contribution is 2.40. The van der Waals surface area contributed by atoms with Gasteiger partial charge >= 0.3 is 0 Å². The van der Waals surface area contributed by atoms with E-state index < -0.39 is 306 Å². The SMILES string of the molecule is O=S(=O)(O)CCCCO[C@@H]1[C@@H](O)[C@H]2O[C@H]3[C@H](O)[C@@H](O)[C@@H](O[C@H]4[C@H](O)[C@@H](O)[C@@H](O[C@H]5[C@H](O)[C@@H](O)[C@@H](O[C@H]6[C@H](O)[C@@H](O)[C@@H](O[C@H]7[C@H](OCCCCS(=O)(=O)O)C(O)[C@@H](O[C@H]8[C@H](O)[C@@H](O)[C@@H](O[C@@H]1[C@@H](CO)O2)O[C@@H]8CO)O[C@@H]7CO)O[C@@H]6CO)O[C@@H]5CO)O[C@@H]4CO)O[C@@H]3CO. The highest BCUT2D eigenvalue weighted by Gasteiger charge is 2.60. The van der Waals surface area contributed by atoms with Gasteiger partial charge in [0.2, 0.25) is 0 Å². The number of rotatable bonds is 19. The molecule has 0 aliphatic carbocycles. The standard InChI is InChI=1S/C50H86O41S2/c51-9-16-35-24(59)29(64)45(79-16)87-37-18(11-53)81-47(31(66)26(37)61)90-40-21(14-56)84-50(34(69)43(40)77-6-2-4-8-93(73,74)75)89-39-20(13-55)82-48(32(67)27(39)62)91-41-22(15-57)83-49(33(68)42(41)76-5-1-3-7-92(70,71)72)88-38-19(12-54)80-46(30(65)25(38)60)86-36-17(10-52)78-44(85-35)28(63)23(36)58/h16-69H,1-15H2,(H,70,71,72)(H,73,74,75)/t16-,17-,18-,19-,20-,21-,22-,23-,24-,25-,26-,27-,28-,29-,30-,31-,32-,33-,34?,35-,36-,37-,38-,39-,40-,41-,42-,43-,44-,45-,46-,47-,48-,49-,50-/m1/s1. The van der Waals surface area contributed by atoms with Gasteiger partial charge in [0.25, 0.3) is 20.2 Å². The van der Waals surface area contributed by atoms with Crippen LogP contribution in [-0.4, -0.2) is 409 Å². The van der Waals surface area contributed by atoms with Gasteiger partial charge in [-0.1, -0.05) is 0 Å². The first kappa shape index (κ1) is 77.2. The highest BCUT2D eigenvalue weighted by atomic mass is 32.2. The lowest BCUT2D eigenvalue weighted by atomic mass is 9.95. The molecule has 21 aliphatic heterocycles. The molecule has 21 N–H and O–H groups in total. The zero-order chi connectivity index (χ0) is 68.1. The van der Waals surface area contributed by atoms with Crippen molar-refractivity contribution in [3.63, 3.8) is 0 Å². The summed E-state index contributed by atoms with van der Waals surface area (Å²) in [5, 5.41) is 214. The van der Waals surface area contributed by atoms with E-state index in [0.717, 1.165) is 0 Å². The molecule has 21 fully saturated rings. The zero-order valence-electron chi connectivity index (χ0n) is 49.2. The van der Waals surface area contributed by atoms with Gasteiger partial charge < -0.3 is 173 Å². The first-order valence-electron chi connectivity index (χ1n) is 29.8. The van der Waals surface area contributed by atoms with Gasteiger partial charge in [0.05, 0.1) is 57.8 Å². The van der Waals surface area contributed by atoms with E-state index in [1.165, 1.54) is 0 Å². The number of hydrogen-bond donors (Lipinski definition) is 21. The molecule has 1 unspecified atom stereocenters. The molecule has 0 aromatic rings. The molecule has 0 spiro atoms. The third-order valence-corrected chi connectivity index (χ3v) is 18.6. The molecule has 14 bridgehead atoms. The second-order valence-electron chi connectivity index (χ2n) is 23.3. The molecule has 43 heteroatoms. The summed E-state index contributed by atoms with van der Waals surface area (Å²) < 4.78 is 158. The van der Waals surface area contributed by atoms with Crippen LogP contribution < -0.4 is 0 Å². The summed E-state index contributed by atoms with van der Waals surface area (Å²) in [4.78, 5) is 0. The van der Waals surface area contributed by atoms with Crippen molar-refractivity contribution < 1.29 is 199 Å². The van der Waals surface area contributed by atoms with E-state index >= 15 is 0 Å². The first-order chi connectivity index (χ1) is 44.0. The molecular weight excluding hydrogens is 1320 g/mol. The van der Waals surface area contributed by atoms with Crippen LogP contribution in [0.25, 0.3) is 0 Å². The van der Waals surface area contributed by atoms with Gasteiger partial charge in [-0.15, -0.1) is 0 Å². The van der Waals surface area contributed by atoms with Crippen LogP contribution in [0.2, 0.25) is 0 Å². The molecule has 93 heavy (non-hydrogen) atoms. The lowest BCUT2D eigenvalue weighted by molar-refractivity contribution is -0.399. The molecular formula is C50H86O41S2. The fourth-order valence-electron chi connectivity index (χ4n) is 12.0. The molecule has 41 nitrogen and oxygen atoms in total. The second-order valence-corrected chi connectivity index (χ2v) is 26.5. The average molecular weight is 1410 g/mol. The Bertz CT molecular complexity index is 2440. The molecule has 21 rings (SSSR count). The van der Waals surface area contributed by atoms with E-state index in [2.05, 4.69) is 0 Å². The van der Waals surface area contributed by atoms with E-state index in [1.807, 2.05) is 0 Å². The van der Waals surface area contributed by atoms with Crippen molar-refractivity contribution in [2.24, 2.45) is 0 Å². The Balaban J connectivity index is 1.13. The van der Waals surface area contributed by atoms with E-state index in [1.54, 1.807) is 0 Å². The van der Waals surface area contributed by atoms with Gasteiger partial charge in [0.1, 0.15) is 171 Å². The van der Waals surface area contributed by atoms with Crippen LogP contribution in [0.5, 0.6) is 0 Å². The van der Waals surface area contributed by atoms with Crippen LogP contribution in [0.4, 0.5) is 0 Å². The van der Waals surface area contributed by atoms with E-state index in [9.17, 15) is 123 Å². The fourth-order valence-corrected chi connectivity index (χ4v) is 13.1. The van der Waals surface area contributed by atoms with Crippen molar-refractivity contribution in [3.8, 4) is 0 Å². The zero-order valence-corrected chi connectivity index (χ0v) is 50.8. The van der Waals surface area contributed by atoms with Crippen LogP contribution in [0.1, 0.15) is 25.7 Å². The van der Waals surface area contributed by atoms with Crippen molar-refractivity contribution in [3.05, 3.63) is 0 Å². The smallest absolute Gasteiger partial charge is 0.264 e. The van der Waals surface area contributed by atoms with Crippen LogP contribution in [0.15, 0.2) is 0 Å². The molecule has 0 aromatic carbocycles. The Morgan fingerprint density at radius 2 is 0.430 bits per heavy atom. The Kier molecular flexibility index (Phi) is 28.0. The third kappa shape index (κ3) is 18.0. The van der Waals surface area contributed by atoms with Crippen molar-refractivity contribution in [1.29, 1.82) is 0 Å². The summed E-state index contributed by atoms with van der Waals surface area (Å²) in [6.45, 7) is -8.66. The maximum Gasteiger partial charge on any atom is 0.264 e. The highest BCUT2D eigenvalue weighted by molar-refractivity contribution is 7.86. The number of unbranched alkanes of at least 4 members (excludes halogenated alkanes) is 2. The minimum absolute atomic E-state index is 0.164. The van der Waals surface area contributed by atoms with Gasteiger partial charge in [-0.2, -0.15) is 16.8 Å². The van der Waals surface area contributed by atoms with Gasteiger partial charge in [-0.25, -0.2) is 0 Å². The third-order valence-electron chi connectivity index (χ3n) is 16.9. The van der Waals surface area contributed by atoms with Gasteiger partial charge in [-0.05, 0) is 25.7 Å². The van der Waals surface area contributed by atoms with Crippen LogP contribution >= 0.6 is 0 Å². The minimum Gasteiger partial charge on any atom is -0.394 e. The molecule has 0 radical (unpaired) electrons. The second kappa shape index (κ2) is 33.7. The summed E-state index contributed by atoms with van der Waals surface area (Å²) in [7, 11) is -8.97. The number of aliphatic hydroxyl groups is 19. The van der Waals surface area contributed by atoms with Gasteiger partial charge in [-0.3, -0.25) is 9.11 Å². The summed E-state index contributed by atoms with van der Waals surface area (Å²) in [6, 6.07) is 0. The summed E-state index contributed by atoms with van der Waals surface area (Å²) in [6.07, 6.45) is -72.2. The minimum atomic E-state index is -4.49. The number of hydrogen-bond acceptors (Lipinski definition) is 39. The molecule has 0 amide bonds. The van der Waals surface area contributed by atoms with Gasteiger partial charge in [0.15, 0.2) is 44.0 Å². The largest absolute Gasteiger partial charge is 0.394 e. The van der Waals surface area contributed by atoms with Crippen LogP contribution in [0, 0.1) is 0 Å². The van der Waals surface area contributed by atoms with Crippen molar-refractivity contribution >= 4 is 20.2 Å². The Morgan fingerprint density at radius 1 is 0.247 bits per heavy atom. The first-order valence-corrected chi connectivity index (χ1v) is 33.0. The molecule has 21 heterocycles. The summed E-state index contributed by atoms with van der Waals surface area (Å²) >= 11 is 0. The predicted octanol–water partition coefficient (Wildman–Crippen LogP) is -13.8. The quantitative estimate of drug-likeness (QED) is 0.0422. The number of aliphatic hydroxyl groups excluding tert-OH is 19. The molecule has 544 valence electrons. The average Bonchev–Trinajstić information content (AvgIpc) is 0.786. The lowest BCUT2D eigenvalue weighted by Gasteiger charge is -2.50. The maximum absolute atomic E-state index is 12.0. The monoisotopic (exact) mass is 1410 g/mol. The molecule has 0 saturated carbocycles. The Hall–Kier alpha value is -1.58. The van der Waals surface area contributed by atoms with Crippen LogP contribution in [0.3, 0.4) is 0 Å².